The summed E-state index contributed by atoms with van der Waals surface area (Å²) in [5.41, 5.74) is 6.07. The Morgan fingerprint density at radius 3 is 2.85 bits per heavy atom. The molecule has 0 aromatic heterocycles. The number of hydrogen-bond donors (Lipinski definition) is 2. The summed E-state index contributed by atoms with van der Waals surface area (Å²) in [6.45, 7) is 0.768. The fraction of sp³-hybridized carbons (Fsp3) is 0.533. The molecule has 1 aromatic carbocycles. The predicted molar refractivity (Wildman–Crippen MR) is 78.7 cm³/mol. The van der Waals surface area contributed by atoms with Gasteiger partial charge in [0.2, 0.25) is 0 Å². The Labute approximate surface area is 123 Å². The third-order valence-electron chi connectivity index (χ3n) is 4.25. The Balaban J connectivity index is 1.68. The van der Waals surface area contributed by atoms with E-state index in [1.807, 2.05) is 6.07 Å². The highest BCUT2D eigenvalue weighted by Gasteiger charge is 2.43. The molecule has 2 fully saturated rings. The summed E-state index contributed by atoms with van der Waals surface area (Å²) >= 11 is 6.11. The summed E-state index contributed by atoms with van der Waals surface area (Å²) in [4.78, 5) is 0. The van der Waals surface area contributed by atoms with E-state index in [4.69, 9.17) is 32.2 Å². The van der Waals surface area contributed by atoms with Gasteiger partial charge in [-0.3, -0.25) is 5.41 Å². The van der Waals surface area contributed by atoms with Crippen molar-refractivity contribution in [2.45, 2.75) is 43.8 Å². The maximum atomic E-state index is 7.42. The van der Waals surface area contributed by atoms with Crippen LogP contribution in [0.4, 0.5) is 0 Å². The average Bonchev–Trinajstić information content (AvgIpc) is 2.37. The molecule has 1 aliphatic carbocycles. The molecule has 108 valence electrons. The number of amidine groups is 1. The fourth-order valence-corrected chi connectivity index (χ4v) is 3.26. The molecule has 0 bridgehead atoms. The molecule has 1 saturated carbocycles. The van der Waals surface area contributed by atoms with E-state index in [0.29, 0.717) is 10.6 Å². The molecule has 1 atom stereocenters. The summed E-state index contributed by atoms with van der Waals surface area (Å²) < 4.78 is 11.9. The standard InChI is InChI=1S/C15H19ClN2O2/c16-13-8-10(2-3-12(13)14(17)18)20-11-4-7-19-15(9-11)5-1-6-15/h2-3,8,11H,1,4-7,9H2,(H3,17,18). The monoisotopic (exact) mass is 294 g/mol. The van der Waals surface area contributed by atoms with E-state index in [1.54, 1.807) is 12.1 Å². The SMILES string of the molecule is N=C(N)c1ccc(OC2CCOC3(CCC3)C2)cc1Cl. The first-order valence-corrected chi connectivity index (χ1v) is 7.40. The summed E-state index contributed by atoms with van der Waals surface area (Å²) in [5, 5.41) is 7.88. The van der Waals surface area contributed by atoms with Crippen molar-refractivity contribution in [1.29, 1.82) is 5.41 Å². The lowest BCUT2D eigenvalue weighted by atomic mass is 9.74. The topological polar surface area (TPSA) is 68.3 Å². The summed E-state index contributed by atoms with van der Waals surface area (Å²) in [7, 11) is 0. The first kappa shape index (κ1) is 13.7. The maximum Gasteiger partial charge on any atom is 0.124 e. The second-order valence-electron chi connectivity index (χ2n) is 5.67. The van der Waals surface area contributed by atoms with Crippen molar-refractivity contribution < 1.29 is 9.47 Å². The zero-order chi connectivity index (χ0) is 14.2. The van der Waals surface area contributed by atoms with E-state index in [0.717, 1.165) is 38.0 Å². The zero-order valence-electron chi connectivity index (χ0n) is 11.3. The fourth-order valence-electron chi connectivity index (χ4n) is 2.98. The van der Waals surface area contributed by atoms with Gasteiger partial charge in [0.1, 0.15) is 17.7 Å². The van der Waals surface area contributed by atoms with Gasteiger partial charge >= 0.3 is 0 Å². The number of nitrogen functional groups attached to an aromatic ring is 1. The van der Waals surface area contributed by atoms with Crippen LogP contribution in [-0.2, 0) is 4.74 Å². The Bertz CT molecular complexity index is 529. The predicted octanol–water partition coefficient (Wildman–Crippen LogP) is 3.10. The lowest BCUT2D eigenvalue weighted by Gasteiger charge is -2.46. The molecular weight excluding hydrogens is 276 g/mol. The van der Waals surface area contributed by atoms with Crippen LogP contribution in [0.5, 0.6) is 5.75 Å². The number of nitrogens with two attached hydrogens (primary N) is 1. The first-order valence-electron chi connectivity index (χ1n) is 7.03. The van der Waals surface area contributed by atoms with Crippen LogP contribution in [0.3, 0.4) is 0 Å². The Morgan fingerprint density at radius 1 is 1.45 bits per heavy atom. The van der Waals surface area contributed by atoms with E-state index in [-0.39, 0.29) is 17.5 Å². The number of ether oxygens (including phenoxy) is 2. The number of hydrogen-bond acceptors (Lipinski definition) is 3. The molecule has 4 nitrogen and oxygen atoms in total. The highest BCUT2D eigenvalue weighted by atomic mass is 35.5. The van der Waals surface area contributed by atoms with Crippen LogP contribution in [0.1, 0.15) is 37.7 Å². The minimum Gasteiger partial charge on any atom is -0.490 e. The first-order chi connectivity index (χ1) is 9.58. The molecular formula is C15H19ClN2O2. The summed E-state index contributed by atoms with van der Waals surface area (Å²) in [6.07, 6.45) is 5.61. The van der Waals surface area contributed by atoms with Gasteiger partial charge < -0.3 is 15.2 Å². The van der Waals surface area contributed by atoms with Gasteiger partial charge in [-0.15, -0.1) is 0 Å². The molecule has 1 saturated heterocycles. The third-order valence-corrected chi connectivity index (χ3v) is 4.56. The molecule has 5 heteroatoms. The van der Waals surface area contributed by atoms with E-state index in [2.05, 4.69) is 0 Å². The molecule has 1 spiro atoms. The molecule has 20 heavy (non-hydrogen) atoms. The molecule has 3 rings (SSSR count). The van der Waals surface area contributed by atoms with Crippen molar-refractivity contribution in [2.24, 2.45) is 5.73 Å². The van der Waals surface area contributed by atoms with Crippen LogP contribution < -0.4 is 10.5 Å². The van der Waals surface area contributed by atoms with Crippen LogP contribution in [0.2, 0.25) is 5.02 Å². The normalized spacial score (nSPS) is 24.1. The highest BCUT2D eigenvalue weighted by molar-refractivity contribution is 6.34. The molecule has 1 aliphatic heterocycles. The Morgan fingerprint density at radius 2 is 2.25 bits per heavy atom. The molecule has 1 heterocycles. The maximum absolute atomic E-state index is 7.42. The number of benzene rings is 1. The lowest BCUT2D eigenvalue weighted by Crippen LogP contribution is -2.48. The van der Waals surface area contributed by atoms with Gasteiger partial charge in [-0.05, 0) is 37.5 Å². The zero-order valence-corrected chi connectivity index (χ0v) is 12.1. The van der Waals surface area contributed by atoms with Gasteiger partial charge in [0.05, 0.1) is 17.2 Å². The smallest absolute Gasteiger partial charge is 0.124 e. The third kappa shape index (κ3) is 2.63. The van der Waals surface area contributed by atoms with Gasteiger partial charge in [-0.25, -0.2) is 0 Å². The van der Waals surface area contributed by atoms with Crippen LogP contribution in [0.15, 0.2) is 18.2 Å². The lowest BCUT2D eigenvalue weighted by molar-refractivity contribution is -0.153. The van der Waals surface area contributed by atoms with Crippen molar-refractivity contribution in [3.05, 3.63) is 28.8 Å². The van der Waals surface area contributed by atoms with Crippen LogP contribution in [0, 0.1) is 5.41 Å². The van der Waals surface area contributed by atoms with Crippen LogP contribution in [0.25, 0.3) is 0 Å². The van der Waals surface area contributed by atoms with E-state index in [1.165, 1.54) is 6.42 Å². The van der Waals surface area contributed by atoms with E-state index < -0.39 is 0 Å². The highest BCUT2D eigenvalue weighted by Crippen LogP contribution is 2.43. The van der Waals surface area contributed by atoms with Crippen molar-refractivity contribution in [3.8, 4) is 5.75 Å². The Kier molecular flexibility index (Phi) is 3.61. The van der Waals surface area contributed by atoms with Crippen molar-refractivity contribution >= 4 is 17.4 Å². The second-order valence-corrected chi connectivity index (χ2v) is 6.08. The molecule has 1 aromatic rings. The van der Waals surface area contributed by atoms with Gasteiger partial charge in [0.25, 0.3) is 0 Å². The quantitative estimate of drug-likeness (QED) is 0.665. The van der Waals surface area contributed by atoms with E-state index in [9.17, 15) is 0 Å². The Hall–Kier alpha value is -1.26. The molecule has 2 aliphatic rings. The van der Waals surface area contributed by atoms with Crippen molar-refractivity contribution in [2.75, 3.05) is 6.61 Å². The van der Waals surface area contributed by atoms with Gasteiger partial charge in [-0.2, -0.15) is 0 Å². The molecule has 0 radical (unpaired) electrons. The molecule has 1 unspecified atom stereocenters. The number of rotatable bonds is 3. The van der Waals surface area contributed by atoms with Crippen molar-refractivity contribution in [3.63, 3.8) is 0 Å². The summed E-state index contributed by atoms with van der Waals surface area (Å²) in [6, 6.07) is 5.30. The minimum atomic E-state index is -0.0268. The van der Waals surface area contributed by atoms with E-state index >= 15 is 0 Å². The minimum absolute atomic E-state index is 0.0268. The largest absolute Gasteiger partial charge is 0.490 e. The molecule has 3 N–H and O–H groups in total. The van der Waals surface area contributed by atoms with Crippen LogP contribution >= 0.6 is 11.6 Å². The number of halogens is 1. The second kappa shape index (κ2) is 5.26. The molecule has 0 amide bonds. The van der Waals surface area contributed by atoms with Gasteiger partial charge in [0, 0.05) is 18.4 Å². The average molecular weight is 295 g/mol. The van der Waals surface area contributed by atoms with Gasteiger partial charge in [0.15, 0.2) is 0 Å². The van der Waals surface area contributed by atoms with Crippen LogP contribution in [-0.4, -0.2) is 24.1 Å². The number of nitrogens with one attached hydrogen (secondary N) is 1. The van der Waals surface area contributed by atoms with Gasteiger partial charge in [-0.1, -0.05) is 11.6 Å². The van der Waals surface area contributed by atoms with Crippen molar-refractivity contribution in [1.82, 2.24) is 0 Å². The summed E-state index contributed by atoms with van der Waals surface area (Å²) in [5.74, 6) is 0.711.